The van der Waals surface area contributed by atoms with Gasteiger partial charge in [0.25, 0.3) is 0 Å². The molecule has 1 atom stereocenters. The van der Waals surface area contributed by atoms with Crippen LogP contribution in [-0.2, 0) is 0 Å². The normalized spacial score (nSPS) is 28.2. The highest BCUT2D eigenvalue weighted by Crippen LogP contribution is 2.80. The van der Waals surface area contributed by atoms with E-state index in [1.165, 1.54) is 6.92 Å². The second-order valence-corrected chi connectivity index (χ2v) is 9.32. The van der Waals surface area contributed by atoms with Crippen molar-refractivity contribution in [2.24, 2.45) is 0 Å². The van der Waals surface area contributed by atoms with E-state index in [0.29, 0.717) is 15.4 Å². The maximum Gasteiger partial charge on any atom is 0.442 e. The molecule has 5 heteroatoms. The molecule has 0 fully saturated rings. The van der Waals surface area contributed by atoms with Gasteiger partial charge in [0.15, 0.2) is 0 Å². The fourth-order valence-corrected chi connectivity index (χ4v) is 4.93. The van der Waals surface area contributed by atoms with Gasteiger partial charge in [0.1, 0.15) is 0 Å². The average molecular weight is 311 g/mol. The molecular formula is C11H10BrF3S. The van der Waals surface area contributed by atoms with Gasteiger partial charge in [-0.2, -0.15) is 13.2 Å². The van der Waals surface area contributed by atoms with E-state index in [2.05, 4.69) is 14.8 Å². The van der Waals surface area contributed by atoms with E-state index < -0.39 is 14.0 Å². The van der Waals surface area contributed by atoms with E-state index in [1.54, 1.807) is 24.3 Å². The van der Waals surface area contributed by atoms with Crippen molar-refractivity contribution < 1.29 is 13.2 Å². The summed E-state index contributed by atoms with van der Waals surface area (Å²) in [5, 5.41) is 0. The Bertz CT molecular complexity index is 479. The van der Waals surface area contributed by atoms with Gasteiger partial charge in [-0.3, -0.25) is 0 Å². The lowest BCUT2D eigenvalue weighted by atomic mass is 10.1. The first-order valence-corrected chi connectivity index (χ1v) is 8.12. The molecule has 0 saturated carbocycles. The lowest BCUT2D eigenvalue weighted by molar-refractivity contribution is -0.0355. The number of halogens is 4. The van der Waals surface area contributed by atoms with Crippen LogP contribution in [0.2, 0.25) is 0 Å². The van der Waals surface area contributed by atoms with Crippen molar-refractivity contribution in [3.05, 3.63) is 34.2 Å². The first-order valence-electron chi connectivity index (χ1n) is 4.65. The summed E-state index contributed by atoms with van der Waals surface area (Å²) < 4.78 is 39.4. The molecular weight excluding hydrogens is 301 g/mol. The number of hydrogen-bond acceptors (Lipinski definition) is 0. The van der Waals surface area contributed by atoms with Gasteiger partial charge in [0, 0.05) is 4.90 Å². The first-order chi connectivity index (χ1) is 7.26. The molecule has 1 aliphatic heterocycles. The largest absolute Gasteiger partial charge is 0.442 e. The molecule has 2 rings (SSSR count). The SMILES string of the molecule is CC1=Cc2cc(C)ccc2S1(Br)C(F)(F)F. The summed E-state index contributed by atoms with van der Waals surface area (Å²) in [6.45, 7) is 3.41. The molecule has 0 aromatic heterocycles. The van der Waals surface area contributed by atoms with Gasteiger partial charge in [0.05, 0.1) is 0 Å². The van der Waals surface area contributed by atoms with Crippen LogP contribution in [0.4, 0.5) is 13.2 Å². The lowest BCUT2D eigenvalue weighted by Gasteiger charge is -2.33. The Morgan fingerprint density at radius 1 is 1.19 bits per heavy atom. The van der Waals surface area contributed by atoms with Crippen LogP contribution in [0.3, 0.4) is 0 Å². The topological polar surface area (TPSA) is 0 Å². The lowest BCUT2D eigenvalue weighted by Crippen LogP contribution is -2.14. The Morgan fingerprint density at radius 2 is 1.81 bits per heavy atom. The number of alkyl halides is 3. The summed E-state index contributed by atoms with van der Waals surface area (Å²) in [5.74, 6) is 0. The minimum Gasteiger partial charge on any atom is -0.160 e. The molecule has 0 N–H and O–H groups in total. The quantitative estimate of drug-likeness (QED) is 0.605. The van der Waals surface area contributed by atoms with Gasteiger partial charge in [-0.05, 0) is 59.7 Å². The molecule has 1 aromatic carbocycles. The van der Waals surface area contributed by atoms with Gasteiger partial charge in [-0.15, -0.1) is 0 Å². The predicted molar refractivity (Wildman–Crippen MR) is 65.7 cm³/mol. The van der Waals surface area contributed by atoms with E-state index in [9.17, 15) is 13.2 Å². The van der Waals surface area contributed by atoms with Crippen LogP contribution in [0, 0.1) is 6.92 Å². The van der Waals surface area contributed by atoms with E-state index in [4.69, 9.17) is 0 Å². The summed E-state index contributed by atoms with van der Waals surface area (Å²) in [4.78, 5) is 0.726. The van der Waals surface area contributed by atoms with Crippen LogP contribution in [0.1, 0.15) is 18.1 Å². The average Bonchev–Trinajstić information content (AvgIpc) is 2.38. The van der Waals surface area contributed by atoms with Crippen LogP contribution in [-0.4, -0.2) is 5.51 Å². The molecule has 1 aliphatic rings. The van der Waals surface area contributed by atoms with Crippen molar-refractivity contribution in [3.63, 3.8) is 0 Å². The Hall–Kier alpha value is -0.420. The number of hydrogen-bond donors (Lipinski definition) is 0. The van der Waals surface area contributed by atoms with Gasteiger partial charge in [0.2, 0.25) is 0 Å². The molecule has 1 heterocycles. The molecule has 0 amide bonds. The minimum absolute atomic E-state index is 0.362. The predicted octanol–water partition coefficient (Wildman–Crippen LogP) is 5.36. The second-order valence-electron chi connectivity index (χ2n) is 3.78. The van der Waals surface area contributed by atoms with Crippen molar-refractivity contribution in [3.8, 4) is 0 Å². The minimum atomic E-state index is -4.24. The van der Waals surface area contributed by atoms with Gasteiger partial charge >= 0.3 is 5.51 Å². The highest BCUT2D eigenvalue weighted by molar-refractivity contribution is 9.59. The van der Waals surface area contributed by atoms with E-state index >= 15 is 0 Å². The number of allylic oxidation sites excluding steroid dienone is 1. The van der Waals surface area contributed by atoms with Crippen LogP contribution in [0.5, 0.6) is 0 Å². The van der Waals surface area contributed by atoms with Crippen LogP contribution in [0.25, 0.3) is 6.08 Å². The summed E-state index contributed by atoms with van der Waals surface area (Å²) in [7, 11) is -3.00. The second kappa shape index (κ2) is 3.53. The Morgan fingerprint density at radius 3 is 2.38 bits per heavy atom. The summed E-state index contributed by atoms with van der Waals surface area (Å²) in [5.41, 5.74) is -2.59. The zero-order valence-electron chi connectivity index (χ0n) is 8.73. The Kier molecular flexibility index (Phi) is 2.66. The zero-order valence-corrected chi connectivity index (χ0v) is 11.1. The van der Waals surface area contributed by atoms with Crippen LogP contribution in [0.15, 0.2) is 28.0 Å². The Balaban J connectivity index is 2.67. The molecule has 0 radical (unpaired) electrons. The van der Waals surface area contributed by atoms with E-state index in [0.717, 1.165) is 5.56 Å². The molecule has 1 aromatic rings. The molecule has 0 spiro atoms. The monoisotopic (exact) mass is 310 g/mol. The third-order valence-corrected chi connectivity index (χ3v) is 8.89. The van der Waals surface area contributed by atoms with E-state index in [-0.39, 0.29) is 0 Å². The van der Waals surface area contributed by atoms with Gasteiger partial charge < -0.3 is 0 Å². The standard InChI is InChI=1S/C11H10BrF3S/c1-7-3-4-10-9(5-7)6-8(2)16(10,12)11(13,14)15/h3-6H,1-2H3. The van der Waals surface area contributed by atoms with Crippen LogP contribution < -0.4 is 0 Å². The molecule has 88 valence electrons. The van der Waals surface area contributed by atoms with Crippen LogP contribution >= 0.6 is 23.3 Å². The number of fused-ring (bicyclic) bond motifs is 1. The van der Waals surface area contributed by atoms with Crippen molar-refractivity contribution in [2.45, 2.75) is 24.3 Å². The van der Waals surface area contributed by atoms with Crippen molar-refractivity contribution >= 4 is 29.4 Å². The molecule has 0 aliphatic carbocycles. The summed E-state index contributed by atoms with van der Waals surface area (Å²) in [6, 6.07) is 5.09. The molecule has 0 saturated heterocycles. The zero-order chi connectivity index (χ0) is 12.1. The third-order valence-electron chi connectivity index (χ3n) is 2.59. The fraction of sp³-hybridized carbons (Fsp3) is 0.273. The van der Waals surface area contributed by atoms with Crippen molar-refractivity contribution in [2.75, 3.05) is 0 Å². The van der Waals surface area contributed by atoms with Crippen molar-refractivity contribution in [1.29, 1.82) is 0 Å². The summed E-state index contributed by atoms with van der Waals surface area (Å²) >= 11 is 2.95. The van der Waals surface area contributed by atoms with E-state index in [1.807, 2.05) is 6.92 Å². The van der Waals surface area contributed by atoms with Gasteiger partial charge in [-0.1, -0.05) is 17.7 Å². The maximum atomic E-state index is 13.1. The molecule has 0 nitrogen and oxygen atoms in total. The van der Waals surface area contributed by atoms with Gasteiger partial charge in [-0.25, -0.2) is 0 Å². The Labute approximate surface area is 101 Å². The molecule has 16 heavy (non-hydrogen) atoms. The molecule has 0 bridgehead atoms. The summed E-state index contributed by atoms with van der Waals surface area (Å²) in [6.07, 6.45) is 1.62. The number of benzene rings is 1. The highest BCUT2D eigenvalue weighted by Gasteiger charge is 2.53. The maximum absolute atomic E-state index is 13.1. The number of aryl methyl sites for hydroxylation is 1. The smallest absolute Gasteiger partial charge is 0.160 e. The molecule has 1 unspecified atom stereocenters. The van der Waals surface area contributed by atoms with Crippen molar-refractivity contribution in [1.82, 2.24) is 0 Å². The highest BCUT2D eigenvalue weighted by atomic mass is 79.9. The first kappa shape index (κ1) is 12.0. The number of rotatable bonds is 0. The third kappa shape index (κ3) is 1.52. The fourth-order valence-electron chi connectivity index (χ4n) is 1.82.